The van der Waals surface area contributed by atoms with Gasteiger partial charge in [0.05, 0.1) is 11.7 Å². The monoisotopic (exact) mass is 325 g/mol. The maximum absolute atomic E-state index is 12.1. The van der Waals surface area contributed by atoms with E-state index >= 15 is 0 Å². The lowest BCUT2D eigenvalue weighted by Crippen LogP contribution is -2.28. The van der Waals surface area contributed by atoms with E-state index in [0.717, 1.165) is 0 Å². The number of ether oxygens (including phenoxy) is 1. The molecule has 0 unspecified atom stereocenters. The summed E-state index contributed by atoms with van der Waals surface area (Å²) < 4.78 is 40.9. The molecule has 0 fully saturated rings. The second kappa shape index (κ2) is 7.08. The second-order valence-corrected chi connectivity index (χ2v) is 4.71. The molecule has 8 heteroatoms. The molecule has 0 saturated carbocycles. The van der Waals surface area contributed by atoms with Crippen LogP contribution in [0.4, 0.5) is 13.2 Å². The van der Waals surface area contributed by atoms with E-state index in [1.165, 1.54) is 18.2 Å². The number of nitrogens with zero attached hydrogens (tertiary/aromatic N) is 2. The van der Waals surface area contributed by atoms with E-state index in [4.69, 9.17) is 0 Å². The molecule has 23 heavy (non-hydrogen) atoms. The van der Waals surface area contributed by atoms with Crippen molar-refractivity contribution in [1.82, 2.24) is 15.3 Å². The van der Waals surface area contributed by atoms with Crippen LogP contribution in [0.5, 0.6) is 5.88 Å². The van der Waals surface area contributed by atoms with Gasteiger partial charge in [0, 0.05) is 12.3 Å². The van der Waals surface area contributed by atoms with Crippen LogP contribution in [0, 0.1) is 0 Å². The molecule has 122 valence electrons. The minimum atomic E-state index is -4.46. The minimum Gasteiger partial charge on any atom is -0.468 e. The number of hydrogen-bond acceptors (Lipinski definition) is 4. The molecule has 0 spiro atoms. The van der Waals surface area contributed by atoms with Crippen LogP contribution in [-0.2, 0) is 0 Å². The van der Waals surface area contributed by atoms with Gasteiger partial charge >= 0.3 is 6.18 Å². The second-order valence-electron chi connectivity index (χ2n) is 4.71. The van der Waals surface area contributed by atoms with Crippen LogP contribution in [0.3, 0.4) is 0 Å². The lowest BCUT2D eigenvalue weighted by Gasteiger charge is -2.13. The van der Waals surface area contributed by atoms with Crippen LogP contribution in [0.1, 0.15) is 29.1 Å². The Bertz CT molecular complexity index is 663. The predicted molar refractivity (Wildman–Crippen MR) is 75.9 cm³/mol. The molecule has 0 aliphatic carbocycles. The van der Waals surface area contributed by atoms with E-state index in [1.807, 2.05) is 0 Å². The van der Waals surface area contributed by atoms with Crippen LogP contribution in [0.15, 0.2) is 42.6 Å². The van der Waals surface area contributed by atoms with Crippen molar-refractivity contribution in [3.05, 3.63) is 54.0 Å². The Balaban J connectivity index is 2.02. The van der Waals surface area contributed by atoms with Gasteiger partial charge in [0.1, 0.15) is 5.69 Å². The van der Waals surface area contributed by atoms with Gasteiger partial charge in [-0.05, 0) is 25.1 Å². The molecule has 0 aromatic carbocycles. The van der Waals surface area contributed by atoms with E-state index in [9.17, 15) is 18.0 Å². The maximum Gasteiger partial charge on any atom is 0.422 e. The summed E-state index contributed by atoms with van der Waals surface area (Å²) in [7, 11) is 0. The number of alkyl halides is 3. The van der Waals surface area contributed by atoms with Crippen molar-refractivity contribution in [2.24, 2.45) is 0 Å². The zero-order valence-corrected chi connectivity index (χ0v) is 12.2. The van der Waals surface area contributed by atoms with Crippen LogP contribution in [0.2, 0.25) is 0 Å². The predicted octanol–water partition coefficient (Wildman–Crippen LogP) is 2.91. The number of carbonyl (C=O) groups excluding carboxylic acids is 1. The molecule has 0 aliphatic heterocycles. The molecule has 0 radical (unpaired) electrons. The Morgan fingerprint density at radius 2 is 2.04 bits per heavy atom. The van der Waals surface area contributed by atoms with Crippen molar-refractivity contribution in [1.29, 1.82) is 0 Å². The summed E-state index contributed by atoms with van der Waals surface area (Å²) >= 11 is 0. The number of amides is 1. The molecule has 5 nitrogen and oxygen atoms in total. The summed E-state index contributed by atoms with van der Waals surface area (Å²) in [4.78, 5) is 20.0. The third kappa shape index (κ3) is 5.24. The Morgan fingerprint density at radius 3 is 2.70 bits per heavy atom. The molecule has 0 aliphatic rings. The van der Waals surface area contributed by atoms with E-state index in [-0.39, 0.29) is 17.6 Å². The average Bonchev–Trinajstić information content (AvgIpc) is 2.53. The fraction of sp³-hybridized carbons (Fsp3) is 0.267. The van der Waals surface area contributed by atoms with E-state index in [1.54, 1.807) is 31.3 Å². The molecule has 1 atom stereocenters. The van der Waals surface area contributed by atoms with Gasteiger partial charge in [-0.2, -0.15) is 13.2 Å². The SMILES string of the molecule is C[C@H](NC(=O)c1cccc(OCC(F)(F)F)n1)c1ccccn1. The van der Waals surface area contributed by atoms with Crippen molar-refractivity contribution < 1.29 is 22.7 Å². The highest BCUT2D eigenvalue weighted by Crippen LogP contribution is 2.17. The highest BCUT2D eigenvalue weighted by molar-refractivity contribution is 5.92. The number of nitrogens with one attached hydrogen (secondary N) is 1. The molecular weight excluding hydrogens is 311 g/mol. The van der Waals surface area contributed by atoms with Gasteiger partial charge in [-0.3, -0.25) is 9.78 Å². The standard InChI is InChI=1S/C15H14F3N3O2/c1-10(11-5-2-3-8-19-11)20-14(22)12-6-4-7-13(21-12)23-9-15(16,17)18/h2-8,10H,9H2,1H3,(H,20,22)/t10-/m0/s1. The number of aromatic nitrogens is 2. The quantitative estimate of drug-likeness (QED) is 0.918. The Kier molecular flexibility index (Phi) is 5.15. The van der Waals surface area contributed by atoms with Gasteiger partial charge in [-0.1, -0.05) is 12.1 Å². The number of pyridine rings is 2. The Hall–Kier alpha value is -2.64. The average molecular weight is 325 g/mol. The van der Waals surface area contributed by atoms with E-state index in [0.29, 0.717) is 5.69 Å². The topological polar surface area (TPSA) is 64.1 Å². The third-order valence-corrected chi connectivity index (χ3v) is 2.82. The van der Waals surface area contributed by atoms with Crippen molar-refractivity contribution >= 4 is 5.91 Å². The highest BCUT2D eigenvalue weighted by Gasteiger charge is 2.28. The van der Waals surface area contributed by atoms with Crippen molar-refractivity contribution in [2.75, 3.05) is 6.61 Å². The van der Waals surface area contributed by atoms with Crippen LogP contribution in [-0.4, -0.2) is 28.7 Å². The fourth-order valence-electron chi connectivity index (χ4n) is 1.75. The first kappa shape index (κ1) is 16.7. The van der Waals surface area contributed by atoms with E-state index in [2.05, 4.69) is 20.0 Å². The van der Waals surface area contributed by atoms with Gasteiger partial charge in [0.2, 0.25) is 5.88 Å². The summed E-state index contributed by atoms with van der Waals surface area (Å²) in [5, 5.41) is 2.67. The van der Waals surface area contributed by atoms with Crippen LogP contribution in [0.25, 0.3) is 0 Å². The molecule has 2 heterocycles. The largest absolute Gasteiger partial charge is 0.468 e. The van der Waals surface area contributed by atoms with Gasteiger partial charge < -0.3 is 10.1 Å². The lowest BCUT2D eigenvalue weighted by molar-refractivity contribution is -0.154. The van der Waals surface area contributed by atoms with Crippen molar-refractivity contribution in [3.8, 4) is 5.88 Å². The molecule has 1 N–H and O–H groups in total. The van der Waals surface area contributed by atoms with Crippen LogP contribution >= 0.6 is 0 Å². The van der Waals surface area contributed by atoms with Gasteiger partial charge in [-0.25, -0.2) is 4.98 Å². The zero-order chi connectivity index (χ0) is 16.9. The molecule has 0 saturated heterocycles. The molecule has 1 amide bonds. The van der Waals surface area contributed by atoms with Gasteiger partial charge in [0.25, 0.3) is 5.91 Å². The summed E-state index contributed by atoms with van der Waals surface area (Å²) in [5.41, 5.74) is 0.623. The summed E-state index contributed by atoms with van der Waals surface area (Å²) in [5.74, 6) is -0.791. The van der Waals surface area contributed by atoms with Crippen molar-refractivity contribution in [2.45, 2.75) is 19.1 Å². The lowest BCUT2D eigenvalue weighted by atomic mass is 10.2. The first-order chi connectivity index (χ1) is 10.8. The Morgan fingerprint density at radius 1 is 1.26 bits per heavy atom. The van der Waals surface area contributed by atoms with E-state index < -0.39 is 18.7 Å². The molecule has 2 rings (SSSR count). The molecular formula is C15H14F3N3O2. The summed E-state index contributed by atoms with van der Waals surface area (Å²) in [6.07, 6.45) is -2.87. The van der Waals surface area contributed by atoms with Crippen LogP contribution < -0.4 is 10.1 Å². The fourth-order valence-corrected chi connectivity index (χ4v) is 1.75. The Labute approximate surface area is 130 Å². The molecule has 2 aromatic rings. The van der Waals surface area contributed by atoms with Crippen molar-refractivity contribution in [3.63, 3.8) is 0 Å². The highest BCUT2D eigenvalue weighted by atomic mass is 19.4. The zero-order valence-electron chi connectivity index (χ0n) is 12.2. The molecule has 2 aromatic heterocycles. The smallest absolute Gasteiger partial charge is 0.422 e. The normalized spacial score (nSPS) is 12.5. The number of halogens is 3. The summed E-state index contributed by atoms with van der Waals surface area (Å²) in [6, 6.07) is 8.96. The number of rotatable bonds is 5. The first-order valence-electron chi connectivity index (χ1n) is 6.73. The van der Waals surface area contributed by atoms with Gasteiger partial charge in [0.15, 0.2) is 6.61 Å². The third-order valence-electron chi connectivity index (χ3n) is 2.82. The summed E-state index contributed by atoms with van der Waals surface area (Å²) in [6.45, 7) is 0.277. The maximum atomic E-state index is 12.1. The van der Waals surface area contributed by atoms with Gasteiger partial charge in [-0.15, -0.1) is 0 Å². The minimum absolute atomic E-state index is 0.0348. The number of carbonyl (C=O) groups is 1. The first-order valence-corrected chi connectivity index (χ1v) is 6.73. The molecule has 0 bridgehead atoms. The number of hydrogen-bond donors (Lipinski definition) is 1.